The monoisotopic (exact) mass is 210 g/mol. The number of aliphatic hydroxyl groups is 1. The molecule has 0 amide bonds. The maximum absolute atomic E-state index is 11.3. The lowest BCUT2D eigenvalue weighted by Crippen LogP contribution is -2.62. The molecule has 82 valence electrons. The van der Waals surface area contributed by atoms with Crippen molar-refractivity contribution in [3.05, 3.63) is 0 Å². The molecule has 3 unspecified atom stereocenters. The predicted molar refractivity (Wildman–Crippen MR) is 53.6 cm³/mol. The molecule has 0 saturated carbocycles. The van der Waals surface area contributed by atoms with Gasteiger partial charge < -0.3 is 10.4 Å². The summed E-state index contributed by atoms with van der Waals surface area (Å²) in [5, 5.41) is 23.3. The predicted octanol–water partition coefficient (Wildman–Crippen LogP) is -0.682. The van der Waals surface area contributed by atoms with Crippen LogP contribution in [-0.2, 0) is 4.79 Å². The Hall–Kier alpha value is -1.61. The summed E-state index contributed by atoms with van der Waals surface area (Å²) in [6.07, 6.45) is 1.70. The maximum atomic E-state index is 11.3. The van der Waals surface area contributed by atoms with E-state index in [1.807, 2.05) is 0 Å². The molecule has 0 aliphatic carbocycles. The fourth-order valence-corrected chi connectivity index (χ4v) is 1.95. The van der Waals surface area contributed by atoms with Crippen molar-refractivity contribution in [1.82, 2.24) is 10.6 Å². The minimum atomic E-state index is -1.38. The van der Waals surface area contributed by atoms with Gasteiger partial charge in [0, 0.05) is 0 Å². The van der Waals surface area contributed by atoms with Crippen LogP contribution in [0.4, 0.5) is 0 Å². The number of rotatable bonds is 1. The summed E-state index contributed by atoms with van der Waals surface area (Å²) < 4.78 is 0. The molecule has 0 saturated heterocycles. The van der Waals surface area contributed by atoms with Gasteiger partial charge in [-0.15, -0.1) is 0 Å². The first kappa shape index (κ1) is 11.5. The van der Waals surface area contributed by atoms with Gasteiger partial charge in [-0.1, -0.05) is 0 Å². The Morgan fingerprint density at radius 1 is 1.80 bits per heavy atom. The Kier molecular flexibility index (Phi) is 2.95. The van der Waals surface area contributed by atoms with Crippen molar-refractivity contribution in [3.63, 3.8) is 0 Å². The van der Waals surface area contributed by atoms with Crippen LogP contribution in [0.2, 0.25) is 0 Å². The van der Waals surface area contributed by atoms with Crippen LogP contribution in [0.3, 0.4) is 0 Å². The highest BCUT2D eigenvalue weighted by Gasteiger charge is 2.43. The molecule has 0 aromatic carbocycles. The van der Waals surface area contributed by atoms with Crippen LogP contribution in [0.5, 0.6) is 0 Å². The molecule has 0 aromatic rings. The smallest absolute Gasteiger partial charge is 0.207 e. The van der Waals surface area contributed by atoms with Crippen molar-refractivity contribution in [1.29, 1.82) is 5.26 Å². The lowest BCUT2D eigenvalue weighted by molar-refractivity contribution is -0.132. The van der Waals surface area contributed by atoms with E-state index < -0.39 is 11.6 Å². The molecule has 3 atom stereocenters. The zero-order valence-electron chi connectivity index (χ0n) is 8.90. The molecule has 0 spiro atoms. The Labute approximate surface area is 88.0 Å². The maximum Gasteiger partial charge on any atom is 0.207 e. The van der Waals surface area contributed by atoms with Crippen LogP contribution >= 0.6 is 0 Å². The highest BCUT2D eigenvalue weighted by Crippen LogP contribution is 2.24. The van der Waals surface area contributed by atoms with Crippen LogP contribution < -0.4 is 10.6 Å². The van der Waals surface area contributed by atoms with E-state index in [-0.39, 0.29) is 17.8 Å². The molecule has 1 aliphatic heterocycles. The average Bonchev–Trinajstić information content (AvgIpc) is 1.99. The van der Waals surface area contributed by atoms with Crippen molar-refractivity contribution in [2.45, 2.75) is 32.5 Å². The summed E-state index contributed by atoms with van der Waals surface area (Å²) >= 11 is 0. The normalized spacial score (nSPS) is 34.7. The van der Waals surface area contributed by atoms with Gasteiger partial charge in [-0.25, -0.2) is 4.99 Å². The van der Waals surface area contributed by atoms with Crippen molar-refractivity contribution < 1.29 is 9.90 Å². The van der Waals surface area contributed by atoms with E-state index in [1.54, 1.807) is 13.1 Å². The third-order valence-electron chi connectivity index (χ3n) is 2.40. The highest BCUT2D eigenvalue weighted by molar-refractivity contribution is 5.87. The second-order valence-corrected chi connectivity index (χ2v) is 3.82. The van der Waals surface area contributed by atoms with E-state index in [0.717, 1.165) is 0 Å². The van der Waals surface area contributed by atoms with Gasteiger partial charge >= 0.3 is 0 Å². The van der Waals surface area contributed by atoms with Gasteiger partial charge in [0.05, 0.1) is 12.0 Å². The molecular weight excluding hydrogens is 196 g/mol. The third kappa shape index (κ3) is 2.25. The number of nitrogens with one attached hydrogen (secondary N) is 2. The summed E-state index contributed by atoms with van der Waals surface area (Å²) in [6, 6.07) is -0.366. The molecule has 0 fully saturated rings. The first-order chi connectivity index (χ1) is 6.88. The molecule has 0 bridgehead atoms. The Morgan fingerprint density at radius 3 is 2.80 bits per heavy atom. The first-order valence-corrected chi connectivity index (χ1v) is 4.62. The average molecular weight is 210 g/mol. The van der Waals surface area contributed by atoms with Gasteiger partial charge in [-0.3, -0.25) is 10.1 Å². The van der Waals surface area contributed by atoms with Crippen molar-refractivity contribution in [2.75, 3.05) is 0 Å². The van der Waals surface area contributed by atoms with Gasteiger partial charge in [-0.05, 0) is 20.8 Å². The number of ketones is 1. The van der Waals surface area contributed by atoms with E-state index in [1.165, 1.54) is 13.8 Å². The zero-order valence-corrected chi connectivity index (χ0v) is 8.90. The molecule has 1 aliphatic rings. The number of guanidine groups is 1. The SMILES string of the molecule is CC(=O)C1C(C)N=C(NC#N)NC1(C)O. The molecule has 3 N–H and O–H groups in total. The highest BCUT2D eigenvalue weighted by atomic mass is 16.3. The second kappa shape index (κ2) is 3.87. The van der Waals surface area contributed by atoms with Crippen molar-refractivity contribution >= 4 is 11.7 Å². The van der Waals surface area contributed by atoms with E-state index >= 15 is 0 Å². The van der Waals surface area contributed by atoms with E-state index in [4.69, 9.17) is 5.26 Å². The largest absolute Gasteiger partial charge is 0.370 e. The summed E-state index contributed by atoms with van der Waals surface area (Å²) in [6.45, 7) is 4.62. The summed E-state index contributed by atoms with van der Waals surface area (Å²) in [4.78, 5) is 15.4. The van der Waals surface area contributed by atoms with Gasteiger partial charge in [0.2, 0.25) is 5.96 Å². The molecule has 6 nitrogen and oxygen atoms in total. The molecule has 1 heterocycles. The van der Waals surface area contributed by atoms with Crippen LogP contribution in [0, 0.1) is 17.4 Å². The van der Waals surface area contributed by atoms with Gasteiger partial charge in [0.15, 0.2) is 6.19 Å². The Balaban J connectivity index is 2.98. The first-order valence-electron chi connectivity index (χ1n) is 4.62. The quantitative estimate of drug-likeness (QED) is 0.393. The van der Waals surface area contributed by atoms with Crippen LogP contribution in [0.1, 0.15) is 20.8 Å². The number of hydrogen-bond acceptors (Lipinski definition) is 6. The molecule has 6 heteroatoms. The standard InChI is InChI=1S/C9H14N4O2/c1-5-7(6(2)14)9(3,15)13-8(12-5)11-4-10/h5,7,15H,1-3H3,(H2,11,12,13). The van der Waals surface area contributed by atoms with Gasteiger partial charge in [0.1, 0.15) is 11.5 Å². The van der Waals surface area contributed by atoms with Crippen LogP contribution in [0.15, 0.2) is 4.99 Å². The fraction of sp³-hybridized carbons (Fsp3) is 0.667. The number of nitriles is 1. The topological polar surface area (TPSA) is 97.5 Å². The van der Waals surface area contributed by atoms with E-state index in [2.05, 4.69) is 15.6 Å². The fourth-order valence-electron chi connectivity index (χ4n) is 1.95. The summed E-state index contributed by atoms with van der Waals surface area (Å²) in [5.74, 6) is -0.561. The van der Waals surface area contributed by atoms with Crippen molar-refractivity contribution in [2.24, 2.45) is 10.9 Å². The van der Waals surface area contributed by atoms with Crippen LogP contribution in [-0.4, -0.2) is 28.6 Å². The van der Waals surface area contributed by atoms with Gasteiger partial charge in [0.25, 0.3) is 0 Å². The number of aliphatic imine (C=N–C) groups is 1. The number of carbonyl (C=O) groups is 1. The number of Topliss-reactive ketones (excluding diaryl/α,β-unsaturated/α-hetero) is 1. The lowest BCUT2D eigenvalue weighted by Gasteiger charge is -2.38. The number of hydrogen-bond donors (Lipinski definition) is 3. The van der Waals surface area contributed by atoms with Crippen LogP contribution in [0.25, 0.3) is 0 Å². The summed E-state index contributed by atoms with van der Waals surface area (Å²) in [5.41, 5.74) is -1.38. The zero-order chi connectivity index (χ0) is 11.6. The molecule has 1 rings (SSSR count). The molecule has 0 radical (unpaired) electrons. The Bertz CT molecular complexity index is 343. The van der Waals surface area contributed by atoms with Crippen molar-refractivity contribution in [3.8, 4) is 6.19 Å². The lowest BCUT2D eigenvalue weighted by atomic mass is 9.86. The second-order valence-electron chi connectivity index (χ2n) is 3.82. The van der Waals surface area contributed by atoms with Gasteiger partial charge in [-0.2, -0.15) is 5.26 Å². The molecular formula is C9H14N4O2. The molecule has 15 heavy (non-hydrogen) atoms. The van der Waals surface area contributed by atoms with E-state index in [0.29, 0.717) is 0 Å². The van der Waals surface area contributed by atoms with E-state index in [9.17, 15) is 9.90 Å². The number of nitrogens with zero attached hydrogens (tertiary/aromatic N) is 2. The molecule has 0 aromatic heterocycles. The number of carbonyl (C=O) groups excluding carboxylic acids is 1. The Morgan fingerprint density at radius 2 is 2.40 bits per heavy atom. The minimum Gasteiger partial charge on any atom is -0.370 e. The minimum absolute atomic E-state index is 0.139. The third-order valence-corrected chi connectivity index (χ3v) is 2.40. The summed E-state index contributed by atoms with van der Waals surface area (Å²) in [7, 11) is 0.